The average molecular weight is 353 g/mol. The van der Waals surface area contributed by atoms with Gasteiger partial charge in [0.1, 0.15) is 0 Å². The summed E-state index contributed by atoms with van der Waals surface area (Å²) in [7, 11) is 1.95. The number of hydrogen-bond acceptors (Lipinski definition) is 5. The van der Waals surface area contributed by atoms with Gasteiger partial charge in [-0.3, -0.25) is 4.79 Å². The topological polar surface area (TPSA) is 76.2 Å². The molecule has 7 heteroatoms. The van der Waals surface area contributed by atoms with Crippen LogP contribution in [0.3, 0.4) is 0 Å². The van der Waals surface area contributed by atoms with E-state index in [-0.39, 0.29) is 17.9 Å². The summed E-state index contributed by atoms with van der Waals surface area (Å²) in [6.07, 6.45) is 6.06. The fraction of sp³-hybridized carbons (Fsp3) is 0.526. The van der Waals surface area contributed by atoms with Crippen molar-refractivity contribution in [1.82, 2.24) is 24.9 Å². The highest BCUT2D eigenvalue weighted by Gasteiger charge is 2.37. The maximum atomic E-state index is 12.5. The minimum Gasteiger partial charge on any atom is -0.360 e. The van der Waals surface area contributed by atoms with Crippen LogP contribution in [-0.4, -0.2) is 44.6 Å². The molecule has 0 unspecified atom stereocenters. The zero-order chi connectivity index (χ0) is 18.1. The Balaban J connectivity index is 1.47. The van der Waals surface area contributed by atoms with Gasteiger partial charge in [0, 0.05) is 50.3 Å². The number of likely N-dealkylation sites (tertiary alicyclic amines) is 1. The van der Waals surface area contributed by atoms with Crippen LogP contribution in [0.1, 0.15) is 35.9 Å². The van der Waals surface area contributed by atoms with Crippen molar-refractivity contribution in [1.29, 1.82) is 0 Å². The second-order valence-corrected chi connectivity index (χ2v) is 7.25. The highest BCUT2D eigenvalue weighted by Crippen LogP contribution is 2.28. The van der Waals surface area contributed by atoms with Gasteiger partial charge in [0.15, 0.2) is 5.76 Å². The van der Waals surface area contributed by atoms with Crippen LogP contribution in [-0.2, 0) is 18.4 Å². The van der Waals surface area contributed by atoms with Gasteiger partial charge in [-0.15, -0.1) is 0 Å². The highest BCUT2D eigenvalue weighted by atomic mass is 16.5. The Morgan fingerprint density at radius 2 is 2.27 bits per heavy atom. The van der Waals surface area contributed by atoms with E-state index >= 15 is 0 Å². The van der Waals surface area contributed by atoms with E-state index in [1.165, 1.54) is 0 Å². The molecular formula is C19H23N5O2. The van der Waals surface area contributed by atoms with Crippen molar-refractivity contribution in [2.24, 2.45) is 13.0 Å². The number of amides is 1. The van der Waals surface area contributed by atoms with Crippen molar-refractivity contribution in [3.63, 3.8) is 0 Å². The molecule has 1 saturated heterocycles. The van der Waals surface area contributed by atoms with Gasteiger partial charge in [-0.05, 0) is 25.7 Å². The summed E-state index contributed by atoms with van der Waals surface area (Å²) in [4.78, 5) is 18.8. The van der Waals surface area contributed by atoms with Gasteiger partial charge in [0.2, 0.25) is 0 Å². The van der Waals surface area contributed by atoms with Crippen LogP contribution in [0.15, 0.2) is 23.1 Å². The van der Waals surface area contributed by atoms with E-state index in [9.17, 15) is 4.79 Å². The predicted molar refractivity (Wildman–Crippen MR) is 94.9 cm³/mol. The molecule has 2 fully saturated rings. The molecule has 0 radical (unpaired) electrons. The second kappa shape index (κ2) is 6.96. The maximum absolute atomic E-state index is 12.5. The standard InChI is InChI=1S/C19H23N5O2/c1-13-7-15(26-22-13)8-20-18-11-24(19(25)6-5-14-3-4-14)9-16(18)17-10-23(2)12-21-17/h7,10,12,14,16,18,20H,3-4,8-9,11H2,1-2H3/t16-,18+/m0/s1. The Labute approximate surface area is 152 Å². The molecule has 136 valence electrons. The number of hydrogen-bond donors (Lipinski definition) is 1. The molecule has 3 heterocycles. The fourth-order valence-electron chi connectivity index (χ4n) is 3.30. The normalized spacial score (nSPS) is 22.3. The number of carbonyl (C=O) groups excluding carboxylic acids is 1. The van der Waals surface area contributed by atoms with E-state index in [1.807, 2.05) is 35.7 Å². The zero-order valence-corrected chi connectivity index (χ0v) is 15.1. The lowest BCUT2D eigenvalue weighted by Gasteiger charge is -2.17. The number of carbonyl (C=O) groups is 1. The molecule has 7 nitrogen and oxygen atoms in total. The van der Waals surface area contributed by atoms with Gasteiger partial charge in [-0.1, -0.05) is 11.1 Å². The Bertz CT molecular complexity index is 855. The maximum Gasteiger partial charge on any atom is 0.298 e. The monoisotopic (exact) mass is 353 g/mol. The predicted octanol–water partition coefficient (Wildman–Crippen LogP) is 1.21. The van der Waals surface area contributed by atoms with Gasteiger partial charge < -0.3 is 19.3 Å². The quantitative estimate of drug-likeness (QED) is 0.837. The van der Waals surface area contributed by atoms with Crippen LogP contribution in [0.5, 0.6) is 0 Å². The largest absolute Gasteiger partial charge is 0.360 e. The van der Waals surface area contributed by atoms with Gasteiger partial charge in [-0.2, -0.15) is 0 Å². The molecule has 0 spiro atoms. The molecule has 2 atom stereocenters. The molecule has 0 aromatic carbocycles. The molecule has 26 heavy (non-hydrogen) atoms. The third-order valence-corrected chi connectivity index (χ3v) is 4.89. The van der Waals surface area contributed by atoms with E-state index in [2.05, 4.69) is 27.3 Å². The van der Waals surface area contributed by atoms with Crippen LogP contribution < -0.4 is 5.32 Å². The highest BCUT2D eigenvalue weighted by molar-refractivity contribution is 5.94. The number of aromatic nitrogens is 3. The van der Waals surface area contributed by atoms with Gasteiger partial charge in [0.25, 0.3) is 5.91 Å². The number of imidazole rings is 1. The average Bonchev–Trinajstić information content (AvgIpc) is 2.99. The Hall–Kier alpha value is -2.59. The van der Waals surface area contributed by atoms with Crippen LogP contribution in [0.4, 0.5) is 0 Å². The number of nitrogens with zero attached hydrogens (tertiary/aromatic N) is 4. The third-order valence-electron chi connectivity index (χ3n) is 4.89. The number of aryl methyl sites for hydroxylation is 2. The number of rotatable bonds is 4. The molecule has 2 aliphatic rings. The Morgan fingerprint density at radius 3 is 2.92 bits per heavy atom. The fourth-order valence-corrected chi connectivity index (χ4v) is 3.30. The first kappa shape index (κ1) is 16.9. The molecule has 0 bridgehead atoms. The lowest BCUT2D eigenvalue weighted by molar-refractivity contribution is -0.124. The first-order valence-corrected chi connectivity index (χ1v) is 9.02. The first-order chi connectivity index (χ1) is 12.6. The van der Waals surface area contributed by atoms with Crippen molar-refractivity contribution < 1.29 is 9.32 Å². The van der Waals surface area contributed by atoms with Crippen LogP contribution in [0.25, 0.3) is 0 Å². The van der Waals surface area contributed by atoms with Crippen molar-refractivity contribution in [3.05, 3.63) is 35.7 Å². The third kappa shape index (κ3) is 3.81. The van der Waals surface area contributed by atoms with Gasteiger partial charge in [0.05, 0.1) is 24.3 Å². The van der Waals surface area contributed by atoms with E-state index in [0.717, 1.165) is 30.0 Å². The molecular weight excluding hydrogens is 330 g/mol. The lowest BCUT2D eigenvalue weighted by atomic mass is 10.0. The van der Waals surface area contributed by atoms with E-state index in [1.54, 1.807) is 6.33 Å². The van der Waals surface area contributed by atoms with Crippen molar-refractivity contribution in [2.45, 2.75) is 38.3 Å². The second-order valence-electron chi connectivity index (χ2n) is 7.25. The van der Waals surface area contributed by atoms with Crippen LogP contribution in [0, 0.1) is 24.7 Å². The zero-order valence-electron chi connectivity index (χ0n) is 15.1. The molecule has 2 aromatic rings. The molecule has 1 saturated carbocycles. The summed E-state index contributed by atoms with van der Waals surface area (Å²) in [6.45, 7) is 3.72. The molecule has 1 aliphatic heterocycles. The summed E-state index contributed by atoms with van der Waals surface area (Å²) in [6, 6.07) is 2.02. The van der Waals surface area contributed by atoms with Crippen molar-refractivity contribution >= 4 is 5.91 Å². The van der Waals surface area contributed by atoms with Crippen LogP contribution >= 0.6 is 0 Å². The minimum absolute atomic E-state index is 0.0855. The molecule has 4 rings (SSSR count). The Kier molecular flexibility index (Phi) is 4.51. The smallest absolute Gasteiger partial charge is 0.298 e. The molecule has 1 aliphatic carbocycles. The van der Waals surface area contributed by atoms with E-state index in [4.69, 9.17) is 4.52 Å². The van der Waals surface area contributed by atoms with Crippen molar-refractivity contribution in [3.8, 4) is 11.8 Å². The molecule has 1 N–H and O–H groups in total. The summed E-state index contributed by atoms with van der Waals surface area (Å²) in [5.74, 6) is 7.14. The Morgan fingerprint density at radius 1 is 1.42 bits per heavy atom. The minimum atomic E-state index is -0.0855. The SMILES string of the molecule is Cc1cc(CN[C@@H]2CN(C(=O)C#CC3CC3)C[C@H]2c2cn(C)cn2)on1. The van der Waals surface area contributed by atoms with Crippen molar-refractivity contribution in [2.75, 3.05) is 13.1 Å². The molecule has 1 amide bonds. The number of nitrogens with one attached hydrogen (secondary N) is 1. The van der Waals surface area contributed by atoms with Gasteiger partial charge in [-0.25, -0.2) is 4.98 Å². The summed E-state index contributed by atoms with van der Waals surface area (Å²) < 4.78 is 7.21. The van der Waals surface area contributed by atoms with Gasteiger partial charge >= 0.3 is 0 Å². The van der Waals surface area contributed by atoms with Crippen LogP contribution in [0.2, 0.25) is 0 Å². The summed E-state index contributed by atoms with van der Waals surface area (Å²) in [5, 5.41) is 7.42. The first-order valence-electron chi connectivity index (χ1n) is 9.02. The lowest BCUT2D eigenvalue weighted by Crippen LogP contribution is -2.36. The molecule has 2 aromatic heterocycles. The summed E-state index contributed by atoms with van der Waals surface area (Å²) >= 11 is 0. The van der Waals surface area contributed by atoms with E-state index in [0.29, 0.717) is 25.6 Å². The van der Waals surface area contributed by atoms with E-state index < -0.39 is 0 Å². The summed E-state index contributed by atoms with van der Waals surface area (Å²) in [5.41, 5.74) is 1.85.